The fourth-order valence-electron chi connectivity index (χ4n) is 7.86. The molecule has 3 aromatic carbocycles. The standard InChI is InChI=1S/C49H76O3/c1-4-7-10-13-15-17-18-19-20-21-22-23-25-28-35-43-40-42-34-30-31-38-45(42)47(48(43)50)49(51)52-46-39-32-36-41(33-27-12-9-6-3)44(46)37-29-26-24-16-14-11-8-5-2/h30-32,34,36,38-40,50H,4-29,33,35,37H2,1-3H3. The van der Waals surface area contributed by atoms with E-state index in [1.165, 1.54) is 152 Å². The molecule has 3 rings (SSSR count). The third-order valence-electron chi connectivity index (χ3n) is 11.1. The molecule has 0 amide bonds. The lowest BCUT2D eigenvalue weighted by molar-refractivity contribution is 0.0731. The van der Waals surface area contributed by atoms with Gasteiger partial charge in [0.2, 0.25) is 0 Å². The van der Waals surface area contributed by atoms with Crippen molar-refractivity contribution in [3.8, 4) is 11.5 Å². The zero-order valence-electron chi connectivity index (χ0n) is 33.9. The summed E-state index contributed by atoms with van der Waals surface area (Å²) in [7, 11) is 0. The number of esters is 1. The average molecular weight is 713 g/mol. The van der Waals surface area contributed by atoms with Gasteiger partial charge in [0.25, 0.3) is 0 Å². The topological polar surface area (TPSA) is 46.5 Å². The fraction of sp³-hybridized carbons (Fsp3) is 0.653. The Labute approximate surface area is 319 Å². The number of hydrogen-bond acceptors (Lipinski definition) is 3. The number of ether oxygens (including phenoxy) is 1. The third-order valence-corrected chi connectivity index (χ3v) is 11.1. The summed E-state index contributed by atoms with van der Waals surface area (Å²) in [5.74, 6) is 0.317. The van der Waals surface area contributed by atoms with E-state index in [4.69, 9.17) is 4.74 Å². The Hall–Kier alpha value is -2.81. The van der Waals surface area contributed by atoms with Gasteiger partial charge < -0.3 is 9.84 Å². The number of carbonyl (C=O) groups excluding carboxylic acids is 1. The van der Waals surface area contributed by atoms with E-state index in [1.807, 2.05) is 36.4 Å². The van der Waals surface area contributed by atoms with Crippen LogP contribution in [0, 0.1) is 0 Å². The smallest absolute Gasteiger partial charge is 0.347 e. The van der Waals surface area contributed by atoms with Crippen LogP contribution < -0.4 is 4.74 Å². The molecule has 0 atom stereocenters. The Morgan fingerprint density at radius 1 is 0.500 bits per heavy atom. The summed E-state index contributed by atoms with van der Waals surface area (Å²) in [5.41, 5.74) is 3.66. The van der Waals surface area contributed by atoms with Crippen molar-refractivity contribution in [3.63, 3.8) is 0 Å². The molecule has 0 fully saturated rings. The van der Waals surface area contributed by atoms with Crippen LogP contribution in [-0.2, 0) is 19.3 Å². The Kier molecular flexibility index (Phi) is 23.3. The summed E-state index contributed by atoms with van der Waals surface area (Å²) >= 11 is 0. The summed E-state index contributed by atoms with van der Waals surface area (Å²) in [6, 6.07) is 16.2. The van der Waals surface area contributed by atoms with Crippen molar-refractivity contribution in [2.45, 2.75) is 207 Å². The number of aryl methyl sites for hydroxylation is 2. The van der Waals surface area contributed by atoms with Crippen LogP contribution in [0.4, 0.5) is 0 Å². The van der Waals surface area contributed by atoms with E-state index in [2.05, 4.69) is 32.9 Å². The van der Waals surface area contributed by atoms with E-state index in [9.17, 15) is 9.90 Å². The van der Waals surface area contributed by atoms with Crippen molar-refractivity contribution >= 4 is 16.7 Å². The molecule has 3 nitrogen and oxygen atoms in total. The molecule has 0 saturated carbocycles. The van der Waals surface area contributed by atoms with Crippen LogP contribution in [0.2, 0.25) is 0 Å². The van der Waals surface area contributed by atoms with Crippen LogP contribution in [0.15, 0.2) is 48.5 Å². The average Bonchev–Trinajstić information content (AvgIpc) is 3.15. The molecule has 52 heavy (non-hydrogen) atoms. The van der Waals surface area contributed by atoms with Crippen LogP contribution in [0.5, 0.6) is 11.5 Å². The number of benzene rings is 3. The first-order valence-corrected chi connectivity index (χ1v) is 22.2. The van der Waals surface area contributed by atoms with E-state index >= 15 is 0 Å². The van der Waals surface area contributed by atoms with Crippen molar-refractivity contribution in [3.05, 3.63) is 70.8 Å². The number of hydrogen-bond donors (Lipinski definition) is 1. The van der Waals surface area contributed by atoms with Gasteiger partial charge in [-0.25, -0.2) is 4.79 Å². The minimum atomic E-state index is -0.447. The van der Waals surface area contributed by atoms with Gasteiger partial charge in [-0.2, -0.15) is 0 Å². The second kappa shape index (κ2) is 27.7. The van der Waals surface area contributed by atoms with Gasteiger partial charge in [-0.05, 0) is 78.1 Å². The zero-order chi connectivity index (χ0) is 37.1. The number of carbonyl (C=O) groups is 1. The molecule has 0 radical (unpaired) electrons. The highest BCUT2D eigenvalue weighted by Crippen LogP contribution is 2.35. The van der Waals surface area contributed by atoms with Crippen molar-refractivity contribution in [2.24, 2.45) is 0 Å². The molecule has 1 N–H and O–H groups in total. The number of unbranched alkanes of at least 4 members (excludes halogenated alkanes) is 23. The summed E-state index contributed by atoms with van der Waals surface area (Å²) in [6.07, 6.45) is 36.2. The first-order chi connectivity index (χ1) is 25.6. The van der Waals surface area contributed by atoms with E-state index in [0.29, 0.717) is 11.3 Å². The fourth-order valence-corrected chi connectivity index (χ4v) is 7.86. The lowest BCUT2D eigenvalue weighted by Crippen LogP contribution is -2.13. The highest BCUT2D eigenvalue weighted by atomic mass is 16.5. The first kappa shape index (κ1) is 43.6. The number of rotatable bonds is 31. The van der Waals surface area contributed by atoms with Gasteiger partial charge in [-0.3, -0.25) is 0 Å². The van der Waals surface area contributed by atoms with Crippen LogP contribution in [0.25, 0.3) is 10.8 Å². The molecule has 0 saturated heterocycles. The third kappa shape index (κ3) is 16.5. The van der Waals surface area contributed by atoms with E-state index in [0.717, 1.165) is 61.3 Å². The van der Waals surface area contributed by atoms with Crippen molar-refractivity contribution < 1.29 is 14.6 Å². The number of phenols is 1. The zero-order valence-corrected chi connectivity index (χ0v) is 33.9. The maximum Gasteiger partial charge on any atom is 0.347 e. The van der Waals surface area contributed by atoms with Crippen LogP contribution in [-0.4, -0.2) is 11.1 Å². The number of phenolic OH excluding ortho intramolecular Hbond substituents is 1. The largest absolute Gasteiger partial charge is 0.507 e. The molecule has 3 aromatic rings. The lowest BCUT2D eigenvalue weighted by Gasteiger charge is -2.17. The van der Waals surface area contributed by atoms with Gasteiger partial charge in [-0.15, -0.1) is 0 Å². The highest BCUT2D eigenvalue weighted by Gasteiger charge is 2.22. The Morgan fingerprint density at radius 2 is 0.942 bits per heavy atom. The Morgan fingerprint density at radius 3 is 1.48 bits per heavy atom. The summed E-state index contributed by atoms with van der Waals surface area (Å²) in [5, 5.41) is 13.3. The number of aromatic hydroxyl groups is 1. The maximum atomic E-state index is 14.1. The maximum absolute atomic E-state index is 14.1. The van der Waals surface area contributed by atoms with Crippen LogP contribution >= 0.6 is 0 Å². The van der Waals surface area contributed by atoms with Crippen molar-refractivity contribution in [2.75, 3.05) is 0 Å². The summed E-state index contributed by atoms with van der Waals surface area (Å²) in [4.78, 5) is 14.1. The monoisotopic (exact) mass is 713 g/mol. The van der Waals surface area contributed by atoms with Crippen molar-refractivity contribution in [1.29, 1.82) is 0 Å². The van der Waals surface area contributed by atoms with Gasteiger partial charge in [0, 0.05) is 0 Å². The normalized spacial score (nSPS) is 11.4. The molecule has 0 unspecified atom stereocenters. The minimum absolute atomic E-state index is 0.0961. The molecule has 0 spiro atoms. The molecular formula is C49H76O3. The van der Waals surface area contributed by atoms with Crippen molar-refractivity contribution in [1.82, 2.24) is 0 Å². The Balaban J connectivity index is 1.60. The molecular weight excluding hydrogens is 637 g/mol. The lowest BCUT2D eigenvalue weighted by atomic mass is 9.95. The molecule has 0 aliphatic carbocycles. The van der Waals surface area contributed by atoms with Gasteiger partial charge >= 0.3 is 5.97 Å². The molecule has 0 aliphatic heterocycles. The Bertz CT molecular complexity index is 1370. The van der Waals surface area contributed by atoms with Gasteiger partial charge in [0.15, 0.2) is 0 Å². The molecule has 0 bridgehead atoms. The molecule has 3 heteroatoms. The van der Waals surface area contributed by atoms with Gasteiger partial charge in [-0.1, -0.05) is 205 Å². The van der Waals surface area contributed by atoms with E-state index < -0.39 is 5.97 Å². The van der Waals surface area contributed by atoms with E-state index in [1.54, 1.807) is 0 Å². The predicted molar refractivity (Wildman–Crippen MR) is 225 cm³/mol. The molecule has 0 aliphatic rings. The second-order valence-electron chi connectivity index (χ2n) is 15.6. The molecule has 0 aromatic heterocycles. The summed E-state index contributed by atoms with van der Waals surface area (Å²) < 4.78 is 6.29. The predicted octanol–water partition coefficient (Wildman–Crippen LogP) is 15.6. The van der Waals surface area contributed by atoms with Gasteiger partial charge in [0.05, 0.1) is 0 Å². The molecule has 290 valence electrons. The van der Waals surface area contributed by atoms with Gasteiger partial charge in [0.1, 0.15) is 17.1 Å². The summed E-state index contributed by atoms with van der Waals surface area (Å²) in [6.45, 7) is 6.81. The SMILES string of the molecule is CCCCCCCCCCCCCCCCc1cc2ccccc2c(C(=O)Oc2cccc(CCCCCC)c2CCCCCCCCCC)c1O. The first-order valence-electron chi connectivity index (χ1n) is 22.2. The molecule has 0 heterocycles. The quantitative estimate of drug-likeness (QED) is 0.0410. The van der Waals surface area contributed by atoms with E-state index in [-0.39, 0.29) is 5.75 Å². The minimum Gasteiger partial charge on any atom is -0.507 e. The number of fused-ring (bicyclic) bond motifs is 1. The highest BCUT2D eigenvalue weighted by molar-refractivity contribution is 6.08. The van der Waals surface area contributed by atoms with Crippen LogP contribution in [0.3, 0.4) is 0 Å². The van der Waals surface area contributed by atoms with Crippen LogP contribution in [0.1, 0.15) is 215 Å². The second-order valence-corrected chi connectivity index (χ2v) is 15.6.